The quantitative estimate of drug-likeness (QED) is 0.741. The number of ether oxygens (including phenoxy) is 1. The molecular formula is C16H16BrClN2O2. The maximum absolute atomic E-state index is 11.7. The Balaban J connectivity index is 1.72. The summed E-state index contributed by atoms with van der Waals surface area (Å²) in [7, 11) is 0. The second-order valence-corrected chi connectivity index (χ2v) is 5.97. The summed E-state index contributed by atoms with van der Waals surface area (Å²) in [5.74, 6) is 0.752. The van der Waals surface area contributed by atoms with E-state index in [-0.39, 0.29) is 6.03 Å². The van der Waals surface area contributed by atoms with Crippen LogP contribution < -0.4 is 15.4 Å². The predicted molar refractivity (Wildman–Crippen MR) is 92.8 cm³/mol. The number of nitrogens with one attached hydrogen (secondary N) is 2. The van der Waals surface area contributed by atoms with E-state index in [0.717, 1.165) is 15.8 Å². The van der Waals surface area contributed by atoms with Gasteiger partial charge in [0, 0.05) is 15.2 Å². The third kappa shape index (κ3) is 5.24. The van der Waals surface area contributed by atoms with Gasteiger partial charge < -0.3 is 15.4 Å². The molecule has 2 rings (SSSR count). The number of hydrogen-bond acceptors (Lipinski definition) is 2. The Morgan fingerprint density at radius 1 is 1.27 bits per heavy atom. The van der Waals surface area contributed by atoms with E-state index < -0.39 is 0 Å². The van der Waals surface area contributed by atoms with E-state index in [1.54, 1.807) is 12.1 Å². The molecule has 2 aromatic rings. The van der Waals surface area contributed by atoms with Crippen LogP contribution in [0.3, 0.4) is 0 Å². The van der Waals surface area contributed by atoms with Gasteiger partial charge in [-0.1, -0.05) is 39.7 Å². The van der Waals surface area contributed by atoms with Crippen molar-refractivity contribution in [3.63, 3.8) is 0 Å². The van der Waals surface area contributed by atoms with Gasteiger partial charge in [0.15, 0.2) is 0 Å². The van der Waals surface area contributed by atoms with Crippen molar-refractivity contribution in [2.24, 2.45) is 0 Å². The van der Waals surface area contributed by atoms with Crippen LogP contribution in [0.25, 0.3) is 0 Å². The molecule has 0 saturated heterocycles. The first-order valence-electron chi connectivity index (χ1n) is 6.74. The van der Waals surface area contributed by atoms with Crippen LogP contribution in [0.2, 0.25) is 5.02 Å². The maximum Gasteiger partial charge on any atom is 0.319 e. The van der Waals surface area contributed by atoms with Crippen molar-refractivity contribution in [2.75, 3.05) is 18.5 Å². The first kappa shape index (κ1) is 16.6. The summed E-state index contributed by atoms with van der Waals surface area (Å²) >= 11 is 9.38. The minimum absolute atomic E-state index is 0.294. The highest BCUT2D eigenvalue weighted by molar-refractivity contribution is 9.10. The van der Waals surface area contributed by atoms with Crippen LogP contribution >= 0.6 is 27.5 Å². The van der Waals surface area contributed by atoms with Crippen molar-refractivity contribution in [2.45, 2.75) is 6.92 Å². The number of anilines is 1. The molecule has 2 aromatic carbocycles. The molecule has 0 aromatic heterocycles. The first-order valence-corrected chi connectivity index (χ1v) is 7.91. The van der Waals surface area contributed by atoms with Crippen LogP contribution in [0.5, 0.6) is 5.75 Å². The summed E-state index contributed by atoms with van der Waals surface area (Å²) in [5.41, 5.74) is 1.62. The molecule has 0 spiro atoms. The molecule has 22 heavy (non-hydrogen) atoms. The van der Waals surface area contributed by atoms with Gasteiger partial charge in [0.2, 0.25) is 0 Å². The Morgan fingerprint density at radius 3 is 2.82 bits per heavy atom. The van der Waals surface area contributed by atoms with Crippen molar-refractivity contribution < 1.29 is 9.53 Å². The molecule has 0 aliphatic carbocycles. The average molecular weight is 384 g/mol. The van der Waals surface area contributed by atoms with E-state index in [1.165, 1.54) is 0 Å². The number of halogens is 2. The standard InChI is InChI=1S/C16H16BrClN2O2/c1-11-5-6-13(10-15(11)18)20-16(21)19-7-8-22-14-4-2-3-12(17)9-14/h2-6,9-10H,7-8H2,1H3,(H2,19,20,21). The van der Waals surface area contributed by atoms with E-state index in [4.69, 9.17) is 16.3 Å². The number of benzene rings is 2. The van der Waals surface area contributed by atoms with Gasteiger partial charge in [0.25, 0.3) is 0 Å². The second kappa shape index (κ2) is 8.06. The van der Waals surface area contributed by atoms with Gasteiger partial charge in [-0.05, 0) is 42.8 Å². The number of aryl methyl sites for hydroxylation is 1. The zero-order valence-corrected chi connectivity index (χ0v) is 14.4. The fourth-order valence-electron chi connectivity index (χ4n) is 1.74. The van der Waals surface area contributed by atoms with Gasteiger partial charge in [-0.15, -0.1) is 0 Å². The Kier molecular flexibility index (Phi) is 6.10. The van der Waals surface area contributed by atoms with Crippen LogP contribution in [-0.2, 0) is 0 Å². The summed E-state index contributed by atoms with van der Waals surface area (Å²) < 4.78 is 6.48. The number of amides is 2. The fraction of sp³-hybridized carbons (Fsp3) is 0.188. The van der Waals surface area contributed by atoms with E-state index in [9.17, 15) is 4.79 Å². The molecular weight excluding hydrogens is 368 g/mol. The van der Waals surface area contributed by atoms with Crippen molar-refractivity contribution >= 4 is 39.2 Å². The van der Waals surface area contributed by atoms with E-state index in [1.807, 2.05) is 37.3 Å². The summed E-state index contributed by atoms with van der Waals surface area (Å²) in [6.07, 6.45) is 0. The number of carbonyl (C=O) groups excluding carboxylic acids is 1. The summed E-state index contributed by atoms with van der Waals surface area (Å²) in [4.78, 5) is 11.7. The molecule has 0 atom stereocenters. The van der Waals surface area contributed by atoms with Gasteiger partial charge in [-0.2, -0.15) is 0 Å². The topological polar surface area (TPSA) is 50.4 Å². The number of hydrogen-bond donors (Lipinski definition) is 2. The van der Waals surface area contributed by atoms with E-state index in [0.29, 0.717) is 23.9 Å². The summed E-state index contributed by atoms with van der Waals surface area (Å²) in [6, 6.07) is 12.6. The average Bonchev–Trinajstić information content (AvgIpc) is 2.48. The second-order valence-electron chi connectivity index (χ2n) is 4.65. The van der Waals surface area contributed by atoms with Crippen LogP contribution in [-0.4, -0.2) is 19.2 Å². The molecule has 0 aliphatic heterocycles. The molecule has 0 aliphatic rings. The fourth-order valence-corrected chi connectivity index (χ4v) is 2.29. The van der Waals surface area contributed by atoms with Gasteiger partial charge in [-0.3, -0.25) is 0 Å². The van der Waals surface area contributed by atoms with E-state index >= 15 is 0 Å². The monoisotopic (exact) mass is 382 g/mol. The molecule has 0 fully saturated rings. The Bertz CT molecular complexity index is 664. The highest BCUT2D eigenvalue weighted by Gasteiger charge is 2.03. The molecule has 6 heteroatoms. The SMILES string of the molecule is Cc1ccc(NC(=O)NCCOc2cccc(Br)c2)cc1Cl. The van der Waals surface area contributed by atoms with Gasteiger partial charge in [0.1, 0.15) is 12.4 Å². The predicted octanol–water partition coefficient (Wildman–Crippen LogP) is 4.61. The number of urea groups is 1. The molecule has 0 saturated carbocycles. The highest BCUT2D eigenvalue weighted by Crippen LogP contribution is 2.20. The first-order chi connectivity index (χ1) is 10.5. The van der Waals surface area contributed by atoms with Crippen LogP contribution in [0.4, 0.5) is 10.5 Å². The zero-order valence-electron chi connectivity index (χ0n) is 12.0. The lowest BCUT2D eigenvalue weighted by Gasteiger charge is -2.10. The Labute approximate surface area is 142 Å². The van der Waals surface area contributed by atoms with E-state index in [2.05, 4.69) is 26.6 Å². The van der Waals surface area contributed by atoms with Crippen LogP contribution in [0.15, 0.2) is 46.9 Å². The normalized spacial score (nSPS) is 10.1. The lowest BCUT2D eigenvalue weighted by atomic mass is 10.2. The third-order valence-corrected chi connectivity index (χ3v) is 3.78. The van der Waals surface area contributed by atoms with Crippen molar-refractivity contribution in [1.29, 1.82) is 0 Å². The van der Waals surface area contributed by atoms with Crippen LogP contribution in [0.1, 0.15) is 5.56 Å². The van der Waals surface area contributed by atoms with Gasteiger partial charge in [-0.25, -0.2) is 4.79 Å². The molecule has 0 unspecified atom stereocenters. The van der Waals surface area contributed by atoms with Gasteiger partial charge >= 0.3 is 6.03 Å². The number of rotatable bonds is 5. The van der Waals surface area contributed by atoms with Crippen molar-refractivity contribution in [3.8, 4) is 5.75 Å². The maximum atomic E-state index is 11.7. The molecule has 0 bridgehead atoms. The molecule has 4 nitrogen and oxygen atoms in total. The van der Waals surface area contributed by atoms with Crippen LogP contribution in [0, 0.1) is 6.92 Å². The highest BCUT2D eigenvalue weighted by atomic mass is 79.9. The molecule has 116 valence electrons. The van der Waals surface area contributed by atoms with Crippen molar-refractivity contribution in [3.05, 3.63) is 57.5 Å². The minimum atomic E-state index is -0.294. The molecule has 0 radical (unpaired) electrons. The zero-order chi connectivity index (χ0) is 15.9. The summed E-state index contributed by atoms with van der Waals surface area (Å²) in [5, 5.41) is 6.06. The smallest absolute Gasteiger partial charge is 0.319 e. The number of carbonyl (C=O) groups is 1. The lowest BCUT2D eigenvalue weighted by molar-refractivity contribution is 0.247. The largest absolute Gasteiger partial charge is 0.492 e. The Hall–Kier alpha value is -1.72. The third-order valence-electron chi connectivity index (χ3n) is 2.88. The molecule has 2 amide bonds. The van der Waals surface area contributed by atoms with Crippen molar-refractivity contribution in [1.82, 2.24) is 5.32 Å². The molecule has 0 heterocycles. The summed E-state index contributed by atoms with van der Waals surface area (Å²) in [6.45, 7) is 2.70. The minimum Gasteiger partial charge on any atom is -0.492 e. The Morgan fingerprint density at radius 2 is 2.09 bits per heavy atom. The van der Waals surface area contributed by atoms with Gasteiger partial charge in [0.05, 0.1) is 6.54 Å². The molecule has 2 N–H and O–H groups in total. The lowest BCUT2D eigenvalue weighted by Crippen LogP contribution is -2.32.